The lowest BCUT2D eigenvalue weighted by molar-refractivity contribution is -0.133. The summed E-state index contributed by atoms with van der Waals surface area (Å²) >= 11 is 0. The number of nitrogens with zero attached hydrogens (tertiary/aromatic N) is 3. The Morgan fingerprint density at radius 1 is 1.35 bits per heavy atom. The van der Waals surface area contributed by atoms with Crippen molar-refractivity contribution in [2.45, 2.75) is 50.7 Å². The predicted molar refractivity (Wildman–Crippen MR) is 75.3 cm³/mol. The maximum absolute atomic E-state index is 12.3. The summed E-state index contributed by atoms with van der Waals surface area (Å²) in [6, 6.07) is 2.28. The smallest absolute Gasteiger partial charge is 0.222 e. The minimum Gasteiger partial charge on any atom is -0.378 e. The molecule has 2 fully saturated rings. The van der Waals surface area contributed by atoms with Crippen molar-refractivity contribution in [2.24, 2.45) is 0 Å². The van der Waals surface area contributed by atoms with E-state index in [-0.39, 0.29) is 5.91 Å². The van der Waals surface area contributed by atoms with Crippen molar-refractivity contribution in [1.82, 2.24) is 14.7 Å². The number of hydrogen-bond donors (Lipinski definition) is 0. The third-order valence-electron chi connectivity index (χ3n) is 4.35. The van der Waals surface area contributed by atoms with Crippen molar-refractivity contribution in [1.29, 1.82) is 0 Å². The number of hydrogen-bond acceptors (Lipinski definition) is 3. The van der Waals surface area contributed by atoms with Crippen LogP contribution in [0, 0.1) is 0 Å². The molecule has 0 radical (unpaired) electrons. The van der Waals surface area contributed by atoms with Crippen LogP contribution in [0.2, 0.25) is 0 Å². The maximum atomic E-state index is 12.3. The van der Waals surface area contributed by atoms with Gasteiger partial charge in [-0.3, -0.25) is 9.48 Å². The first-order chi connectivity index (χ1) is 9.83. The van der Waals surface area contributed by atoms with Crippen LogP contribution in [-0.2, 0) is 9.53 Å². The van der Waals surface area contributed by atoms with Crippen LogP contribution in [0.15, 0.2) is 18.5 Å². The largest absolute Gasteiger partial charge is 0.378 e. The Balaban J connectivity index is 1.49. The molecule has 2 aliphatic rings. The molecule has 5 heteroatoms. The van der Waals surface area contributed by atoms with Crippen LogP contribution in [-0.4, -0.2) is 46.4 Å². The highest BCUT2D eigenvalue weighted by Gasteiger charge is 2.25. The molecule has 1 amide bonds. The topological polar surface area (TPSA) is 47.4 Å². The van der Waals surface area contributed by atoms with Gasteiger partial charge in [0.05, 0.1) is 12.1 Å². The van der Waals surface area contributed by atoms with E-state index >= 15 is 0 Å². The van der Waals surface area contributed by atoms with Crippen molar-refractivity contribution in [3.05, 3.63) is 18.5 Å². The molecule has 2 unspecified atom stereocenters. The number of aromatic nitrogens is 2. The molecule has 2 atom stereocenters. The second-order valence-corrected chi connectivity index (χ2v) is 5.80. The number of amides is 1. The van der Waals surface area contributed by atoms with E-state index in [0.717, 1.165) is 51.8 Å². The molecule has 0 saturated carbocycles. The maximum Gasteiger partial charge on any atom is 0.222 e. The van der Waals surface area contributed by atoms with Crippen molar-refractivity contribution in [3.63, 3.8) is 0 Å². The van der Waals surface area contributed by atoms with Crippen molar-refractivity contribution >= 4 is 5.91 Å². The van der Waals surface area contributed by atoms with Crippen molar-refractivity contribution in [3.8, 4) is 0 Å². The molecular formula is C15H23N3O2. The summed E-state index contributed by atoms with van der Waals surface area (Å²) in [4.78, 5) is 14.3. The molecule has 0 aromatic carbocycles. The van der Waals surface area contributed by atoms with Gasteiger partial charge < -0.3 is 9.64 Å². The van der Waals surface area contributed by atoms with E-state index in [4.69, 9.17) is 4.74 Å². The van der Waals surface area contributed by atoms with Gasteiger partial charge in [0.2, 0.25) is 5.91 Å². The van der Waals surface area contributed by atoms with Crippen molar-refractivity contribution in [2.75, 3.05) is 19.7 Å². The average molecular weight is 277 g/mol. The molecule has 0 N–H and O–H groups in total. The minimum atomic E-state index is 0.275. The van der Waals surface area contributed by atoms with Gasteiger partial charge in [0.15, 0.2) is 0 Å². The first-order valence-corrected chi connectivity index (χ1v) is 7.71. The first kappa shape index (κ1) is 13.6. The summed E-state index contributed by atoms with van der Waals surface area (Å²) in [5.74, 6) is 0.275. The van der Waals surface area contributed by atoms with Gasteiger partial charge in [0.25, 0.3) is 0 Å². The minimum absolute atomic E-state index is 0.275. The molecule has 110 valence electrons. The van der Waals surface area contributed by atoms with Gasteiger partial charge in [-0.05, 0) is 38.2 Å². The van der Waals surface area contributed by atoms with E-state index in [2.05, 4.69) is 5.10 Å². The molecule has 2 saturated heterocycles. The SMILES string of the molecule is O=C(CCC1CCCO1)N1CCCC(n2cccn2)C1. The molecule has 0 bridgehead atoms. The standard InChI is InChI=1S/C15H23N3O2/c19-15(7-6-14-5-2-11-20-14)17-9-1-4-13(12-17)18-10-3-8-16-18/h3,8,10,13-14H,1-2,4-7,9,11-12H2. The third kappa shape index (κ3) is 3.20. The van der Waals surface area contributed by atoms with E-state index in [9.17, 15) is 4.79 Å². The predicted octanol–water partition coefficient (Wildman–Crippen LogP) is 2.01. The molecule has 2 aliphatic heterocycles. The highest BCUT2D eigenvalue weighted by molar-refractivity contribution is 5.76. The van der Waals surface area contributed by atoms with Crippen LogP contribution in [0.5, 0.6) is 0 Å². The summed E-state index contributed by atoms with van der Waals surface area (Å²) in [5, 5.41) is 4.30. The van der Waals surface area contributed by atoms with Crippen LogP contribution >= 0.6 is 0 Å². The van der Waals surface area contributed by atoms with Crippen LogP contribution < -0.4 is 0 Å². The quantitative estimate of drug-likeness (QED) is 0.845. The zero-order valence-corrected chi connectivity index (χ0v) is 11.9. The second kappa shape index (κ2) is 6.39. The van der Waals surface area contributed by atoms with Gasteiger partial charge >= 0.3 is 0 Å². The van der Waals surface area contributed by atoms with Crippen LogP contribution in [0.25, 0.3) is 0 Å². The Hall–Kier alpha value is -1.36. The van der Waals surface area contributed by atoms with Gasteiger partial charge in [-0.2, -0.15) is 5.10 Å². The fourth-order valence-electron chi connectivity index (χ4n) is 3.21. The highest BCUT2D eigenvalue weighted by Crippen LogP contribution is 2.22. The Bertz CT molecular complexity index is 426. The summed E-state index contributed by atoms with van der Waals surface area (Å²) in [6.45, 7) is 2.55. The Labute approximate surface area is 119 Å². The molecule has 1 aromatic heterocycles. The molecule has 20 heavy (non-hydrogen) atoms. The van der Waals surface area contributed by atoms with Crippen LogP contribution in [0.4, 0.5) is 0 Å². The normalized spacial score (nSPS) is 26.9. The summed E-state index contributed by atoms with van der Waals surface area (Å²) in [5.41, 5.74) is 0. The monoisotopic (exact) mass is 277 g/mol. The Morgan fingerprint density at radius 3 is 3.05 bits per heavy atom. The van der Waals surface area contributed by atoms with Crippen LogP contribution in [0.3, 0.4) is 0 Å². The van der Waals surface area contributed by atoms with Gasteiger partial charge in [-0.15, -0.1) is 0 Å². The lowest BCUT2D eigenvalue weighted by Gasteiger charge is -2.33. The van der Waals surface area contributed by atoms with E-state index < -0.39 is 0 Å². The first-order valence-electron chi connectivity index (χ1n) is 7.71. The van der Waals surface area contributed by atoms with Gasteiger partial charge in [-0.1, -0.05) is 0 Å². The summed E-state index contributed by atoms with van der Waals surface area (Å²) in [7, 11) is 0. The van der Waals surface area contributed by atoms with Gasteiger partial charge in [0, 0.05) is 38.5 Å². The molecule has 3 heterocycles. The molecular weight excluding hydrogens is 254 g/mol. The Morgan fingerprint density at radius 2 is 2.30 bits per heavy atom. The fourth-order valence-corrected chi connectivity index (χ4v) is 3.21. The molecule has 5 nitrogen and oxygen atoms in total. The lowest BCUT2D eigenvalue weighted by atomic mass is 10.0. The molecule has 0 aliphatic carbocycles. The number of rotatable bonds is 4. The number of ether oxygens (including phenoxy) is 1. The summed E-state index contributed by atoms with van der Waals surface area (Å²) < 4.78 is 7.57. The van der Waals surface area contributed by atoms with Gasteiger partial charge in [0.1, 0.15) is 0 Å². The number of piperidine rings is 1. The average Bonchev–Trinajstić information content (AvgIpc) is 3.18. The molecule has 3 rings (SSSR count). The zero-order valence-electron chi connectivity index (χ0n) is 11.9. The van der Waals surface area contributed by atoms with E-state index in [1.165, 1.54) is 0 Å². The number of likely N-dealkylation sites (tertiary alicyclic amines) is 1. The highest BCUT2D eigenvalue weighted by atomic mass is 16.5. The van der Waals surface area contributed by atoms with Gasteiger partial charge in [-0.25, -0.2) is 0 Å². The van der Waals surface area contributed by atoms with E-state index in [0.29, 0.717) is 18.6 Å². The zero-order chi connectivity index (χ0) is 13.8. The van der Waals surface area contributed by atoms with Crippen molar-refractivity contribution < 1.29 is 9.53 Å². The summed E-state index contributed by atoms with van der Waals surface area (Å²) in [6.07, 6.45) is 10.0. The van der Waals surface area contributed by atoms with Crippen LogP contribution in [0.1, 0.15) is 44.6 Å². The second-order valence-electron chi connectivity index (χ2n) is 5.80. The lowest BCUT2D eigenvalue weighted by Crippen LogP contribution is -2.41. The Kier molecular flexibility index (Phi) is 4.35. The van der Waals surface area contributed by atoms with E-state index in [1.807, 2.05) is 21.8 Å². The molecule has 0 spiro atoms. The molecule has 1 aromatic rings. The fraction of sp³-hybridized carbons (Fsp3) is 0.733. The van der Waals surface area contributed by atoms with E-state index in [1.54, 1.807) is 6.20 Å². The third-order valence-corrected chi connectivity index (χ3v) is 4.35. The number of carbonyl (C=O) groups excluding carboxylic acids is 1. The number of carbonyl (C=O) groups is 1.